The highest BCUT2D eigenvalue weighted by Crippen LogP contribution is 2.39. The number of ether oxygens (including phenoxy) is 2. The zero-order valence-electron chi connectivity index (χ0n) is 10.0. The standard InChI is InChI=1S/C12H15ClN2O3/c1-7(2-3-14)12(16)15-9-5-11-10(4-8(9)13)17-6-18-11/h4-5,7H,2-3,6,14H2,1H3,(H,15,16). The Morgan fingerprint density at radius 1 is 1.50 bits per heavy atom. The van der Waals surface area contributed by atoms with Crippen molar-refractivity contribution in [2.45, 2.75) is 13.3 Å². The summed E-state index contributed by atoms with van der Waals surface area (Å²) in [6, 6.07) is 3.30. The fourth-order valence-electron chi connectivity index (χ4n) is 1.65. The Morgan fingerprint density at radius 2 is 2.17 bits per heavy atom. The van der Waals surface area contributed by atoms with Gasteiger partial charge in [0.2, 0.25) is 12.7 Å². The van der Waals surface area contributed by atoms with E-state index < -0.39 is 0 Å². The molecule has 98 valence electrons. The van der Waals surface area contributed by atoms with Crippen LogP contribution in [0.2, 0.25) is 5.02 Å². The first-order chi connectivity index (χ1) is 8.61. The van der Waals surface area contributed by atoms with Crippen LogP contribution in [-0.2, 0) is 4.79 Å². The molecule has 1 aromatic rings. The van der Waals surface area contributed by atoms with Crippen molar-refractivity contribution in [2.75, 3.05) is 18.7 Å². The van der Waals surface area contributed by atoms with E-state index in [9.17, 15) is 4.79 Å². The lowest BCUT2D eigenvalue weighted by Gasteiger charge is -2.12. The second-order valence-corrected chi connectivity index (χ2v) is 4.56. The maximum absolute atomic E-state index is 11.9. The van der Waals surface area contributed by atoms with Crippen LogP contribution < -0.4 is 20.5 Å². The average Bonchev–Trinajstić information content (AvgIpc) is 2.76. The van der Waals surface area contributed by atoms with Crippen LogP contribution in [-0.4, -0.2) is 19.2 Å². The Balaban J connectivity index is 2.12. The lowest BCUT2D eigenvalue weighted by atomic mass is 10.1. The minimum absolute atomic E-state index is 0.110. The maximum atomic E-state index is 11.9. The van der Waals surface area contributed by atoms with Gasteiger partial charge < -0.3 is 20.5 Å². The number of benzene rings is 1. The molecule has 1 unspecified atom stereocenters. The lowest BCUT2D eigenvalue weighted by molar-refractivity contribution is -0.119. The number of carbonyl (C=O) groups excluding carboxylic acids is 1. The monoisotopic (exact) mass is 270 g/mol. The first-order valence-corrected chi connectivity index (χ1v) is 6.09. The quantitative estimate of drug-likeness (QED) is 0.878. The Hall–Kier alpha value is -1.46. The Kier molecular flexibility index (Phi) is 3.93. The fraction of sp³-hybridized carbons (Fsp3) is 0.417. The predicted molar refractivity (Wildman–Crippen MR) is 69.0 cm³/mol. The molecule has 0 spiro atoms. The van der Waals surface area contributed by atoms with Gasteiger partial charge in [-0.05, 0) is 13.0 Å². The number of nitrogens with two attached hydrogens (primary N) is 1. The SMILES string of the molecule is CC(CCN)C(=O)Nc1cc2c(cc1Cl)OCO2. The van der Waals surface area contributed by atoms with Crippen LogP contribution in [0.4, 0.5) is 5.69 Å². The van der Waals surface area contributed by atoms with E-state index in [0.717, 1.165) is 0 Å². The summed E-state index contributed by atoms with van der Waals surface area (Å²) in [6.45, 7) is 2.47. The van der Waals surface area contributed by atoms with Crippen LogP contribution in [0, 0.1) is 5.92 Å². The number of carbonyl (C=O) groups is 1. The van der Waals surface area contributed by atoms with Gasteiger partial charge in [0.1, 0.15) is 0 Å². The van der Waals surface area contributed by atoms with Crippen LogP contribution in [0.1, 0.15) is 13.3 Å². The number of rotatable bonds is 4. The van der Waals surface area contributed by atoms with Crippen molar-refractivity contribution in [3.05, 3.63) is 17.2 Å². The molecule has 0 saturated carbocycles. The van der Waals surface area contributed by atoms with E-state index in [1.54, 1.807) is 12.1 Å². The molecule has 1 aromatic carbocycles. The van der Waals surface area contributed by atoms with E-state index >= 15 is 0 Å². The number of hydrogen-bond acceptors (Lipinski definition) is 4. The first kappa shape index (κ1) is 13.0. The molecule has 0 aliphatic carbocycles. The predicted octanol–water partition coefficient (Wildman–Crippen LogP) is 1.99. The second-order valence-electron chi connectivity index (χ2n) is 4.15. The third kappa shape index (κ3) is 2.68. The zero-order valence-corrected chi connectivity index (χ0v) is 10.8. The summed E-state index contributed by atoms with van der Waals surface area (Å²) in [5.74, 6) is 0.909. The molecule has 5 nitrogen and oxygen atoms in total. The molecule has 0 fully saturated rings. The van der Waals surface area contributed by atoms with E-state index in [1.807, 2.05) is 6.92 Å². The van der Waals surface area contributed by atoms with E-state index in [4.69, 9.17) is 26.8 Å². The van der Waals surface area contributed by atoms with Crippen LogP contribution >= 0.6 is 11.6 Å². The van der Waals surface area contributed by atoms with Crippen molar-refractivity contribution >= 4 is 23.2 Å². The summed E-state index contributed by atoms with van der Waals surface area (Å²) < 4.78 is 10.4. The summed E-state index contributed by atoms with van der Waals surface area (Å²) in [6.07, 6.45) is 0.633. The van der Waals surface area contributed by atoms with Gasteiger partial charge in [-0.15, -0.1) is 0 Å². The van der Waals surface area contributed by atoms with Crippen molar-refractivity contribution in [2.24, 2.45) is 11.7 Å². The molecule has 0 radical (unpaired) electrons. The highest BCUT2D eigenvalue weighted by atomic mass is 35.5. The summed E-state index contributed by atoms with van der Waals surface area (Å²) in [7, 11) is 0. The summed E-state index contributed by atoms with van der Waals surface area (Å²) in [5.41, 5.74) is 5.94. The molecule has 0 aromatic heterocycles. The summed E-state index contributed by atoms with van der Waals surface area (Å²) in [5, 5.41) is 3.19. The van der Waals surface area contributed by atoms with Crippen molar-refractivity contribution in [3.63, 3.8) is 0 Å². The van der Waals surface area contributed by atoms with Crippen LogP contribution in [0.25, 0.3) is 0 Å². The molecule has 1 aliphatic rings. The molecular weight excluding hydrogens is 256 g/mol. The largest absolute Gasteiger partial charge is 0.454 e. The molecule has 6 heteroatoms. The number of halogens is 1. The smallest absolute Gasteiger partial charge is 0.231 e. The first-order valence-electron chi connectivity index (χ1n) is 5.72. The average molecular weight is 271 g/mol. The summed E-state index contributed by atoms with van der Waals surface area (Å²) >= 11 is 6.06. The third-order valence-electron chi connectivity index (χ3n) is 2.77. The Morgan fingerprint density at radius 3 is 2.83 bits per heavy atom. The van der Waals surface area contributed by atoms with E-state index in [0.29, 0.717) is 35.2 Å². The Bertz CT molecular complexity index is 465. The van der Waals surface area contributed by atoms with Gasteiger partial charge in [0.25, 0.3) is 0 Å². The normalized spacial score (nSPS) is 14.4. The number of nitrogens with one attached hydrogen (secondary N) is 1. The molecule has 3 N–H and O–H groups in total. The summed E-state index contributed by atoms with van der Waals surface area (Å²) in [4.78, 5) is 11.9. The molecule has 1 atom stereocenters. The van der Waals surface area contributed by atoms with Gasteiger partial charge in [-0.1, -0.05) is 18.5 Å². The highest BCUT2D eigenvalue weighted by Gasteiger charge is 2.19. The van der Waals surface area contributed by atoms with Gasteiger partial charge in [-0.3, -0.25) is 4.79 Å². The van der Waals surface area contributed by atoms with Crippen molar-refractivity contribution in [1.29, 1.82) is 0 Å². The van der Waals surface area contributed by atoms with Crippen LogP contribution in [0.15, 0.2) is 12.1 Å². The van der Waals surface area contributed by atoms with Crippen LogP contribution in [0.5, 0.6) is 11.5 Å². The fourth-order valence-corrected chi connectivity index (χ4v) is 1.85. The van der Waals surface area contributed by atoms with Gasteiger partial charge in [0.05, 0.1) is 10.7 Å². The highest BCUT2D eigenvalue weighted by molar-refractivity contribution is 6.34. The molecule has 0 bridgehead atoms. The molecular formula is C12H15ClN2O3. The zero-order chi connectivity index (χ0) is 13.1. The van der Waals surface area contributed by atoms with Gasteiger partial charge >= 0.3 is 0 Å². The van der Waals surface area contributed by atoms with E-state index in [1.165, 1.54) is 0 Å². The minimum atomic E-state index is -0.156. The second kappa shape index (κ2) is 5.46. The third-order valence-corrected chi connectivity index (χ3v) is 3.08. The maximum Gasteiger partial charge on any atom is 0.231 e. The molecule has 18 heavy (non-hydrogen) atoms. The molecule has 1 amide bonds. The molecule has 2 rings (SSSR count). The van der Waals surface area contributed by atoms with Crippen molar-refractivity contribution in [1.82, 2.24) is 0 Å². The minimum Gasteiger partial charge on any atom is -0.454 e. The van der Waals surface area contributed by atoms with Gasteiger partial charge in [-0.25, -0.2) is 0 Å². The van der Waals surface area contributed by atoms with Crippen molar-refractivity contribution in [3.8, 4) is 11.5 Å². The van der Waals surface area contributed by atoms with Crippen LogP contribution in [0.3, 0.4) is 0 Å². The van der Waals surface area contributed by atoms with Gasteiger partial charge in [-0.2, -0.15) is 0 Å². The number of fused-ring (bicyclic) bond motifs is 1. The lowest BCUT2D eigenvalue weighted by Crippen LogP contribution is -2.22. The van der Waals surface area contributed by atoms with Crippen molar-refractivity contribution < 1.29 is 14.3 Å². The number of amides is 1. The molecule has 1 heterocycles. The van der Waals surface area contributed by atoms with E-state index in [-0.39, 0.29) is 18.6 Å². The van der Waals surface area contributed by atoms with E-state index in [2.05, 4.69) is 5.32 Å². The molecule has 0 saturated heterocycles. The Labute approximate surface area is 110 Å². The topological polar surface area (TPSA) is 73.6 Å². The van der Waals surface area contributed by atoms with Gasteiger partial charge in [0.15, 0.2) is 11.5 Å². The number of anilines is 1. The molecule has 1 aliphatic heterocycles. The van der Waals surface area contributed by atoms with Gasteiger partial charge in [0, 0.05) is 18.1 Å². The number of hydrogen-bond donors (Lipinski definition) is 2.